The van der Waals surface area contributed by atoms with Gasteiger partial charge in [-0.15, -0.1) is 0 Å². The first kappa shape index (κ1) is 24.4. The van der Waals surface area contributed by atoms with E-state index in [1.807, 2.05) is 0 Å². The van der Waals surface area contributed by atoms with Gasteiger partial charge < -0.3 is 9.84 Å². The lowest BCUT2D eigenvalue weighted by Gasteiger charge is -2.19. The number of halogens is 3. The number of nitrogens with zero attached hydrogens (tertiary/aromatic N) is 2. The monoisotopic (exact) mass is 422 g/mol. The number of carboxylic acid groups (broad SMARTS) is 1. The van der Waals surface area contributed by atoms with E-state index >= 15 is 0 Å². The van der Waals surface area contributed by atoms with Gasteiger partial charge >= 0.3 is 12.1 Å². The van der Waals surface area contributed by atoms with Gasteiger partial charge in [-0.05, 0) is 45.2 Å². The Morgan fingerprint density at radius 1 is 1.29 bits per heavy atom. The summed E-state index contributed by atoms with van der Waals surface area (Å²) >= 11 is 0. The maximum Gasteiger partial charge on any atom is 0.421 e. The number of rotatable bonds is 10. The van der Waals surface area contributed by atoms with Crippen molar-refractivity contribution in [1.82, 2.24) is 9.78 Å². The highest BCUT2D eigenvalue weighted by atomic mass is 28.3. The van der Waals surface area contributed by atoms with E-state index in [1.54, 1.807) is 13.8 Å². The van der Waals surface area contributed by atoms with Crippen LogP contribution < -0.4 is 5.56 Å². The topological polar surface area (TPSA) is 81.4 Å². The van der Waals surface area contributed by atoms with Crippen LogP contribution in [-0.2, 0) is 28.9 Å². The molecule has 0 saturated heterocycles. The molecule has 0 aliphatic rings. The number of aryl methyl sites for hydroxylation is 1. The average Bonchev–Trinajstić information content (AvgIpc) is 2.51. The molecule has 0 saturated carbocycles. The van der Waals surface area contributed by atoms with Crippen molar-refractivity contribution in [3.8, 4) is 0 Å². The number of carbonyl (C=O) groups is 1. The highest BCUT2D eigenvalue weighted by Crippen LogP contribution is 2.28. The second kappa shape index (κ2) is 9.21. The minimum Gasteiger partial charge on any atom is -0.481 e. The highest BCUT2D eigenvalue weighted by molar-refractivity contribution is 6.76. The Balaban J connectivity index is 2.95. The molecule has 0 bridgehead atoms. The molecule has 0 amide bonds. The second-order valence-corrected chi connectivity index (χ2v) is 14.4. The Labute approximate surface area is 163 Å². The van der Waals surface area contributed by atoms with E-state index < -0.39 is 36.8 Å². The number of aliphatic carboxylic acids is 1. The van der Waals surface area contributed by atoms with Crippen LogP contribution in [0.4, 0.5) is 13.2 Å². The molecule has 0 aliphatic heterocycles. The maximum absolute atomic E-state index is 13.2. The Hall–Kier alpha value is -1.68. The van der Waals surface area contributed by atoms with Crippen molar-refractivity contribution in [3.05, 3.63) is 27.7 Å². The first-order valence-electron chi connectivity index (χ1n) is 9.13. The molecule has 0 spiro atoms. The molecule has 10 heteroatoms. The maximum atomic E-state index is 13.2. The van der Waals surface area contributed by atoms with E-state index in [4.69, 9.17) is 9.84 Å². The standard InChI is InChI=1S/C18H29F3N2O4Si/c1-17(2,16(25)26)8-6-7-13-11-14(18(19,20)21)15(24)23(22-13)12-27-9-10-28(3,4)5/h11H,6-10,12H2,1-5H3,(H,25,26). The summed E-state index contributed by atoms with van der Waals surface area (Å²) in [5.74, 6) is -0.975. The SMILES string of the molecule is CC(C)(CCCc1cc(C(F)(F)F)c(=O)n(COCC[Si](C)(C)C)n1)C(=O)O. The van der Waals surface area contributed by atoms with Gasteiger partial charge in [-0.2, -0.15) is 18.3 Å². The molecule has 1 aromatic rings. The molecule has 0 aromatic carbocycles. The molecule has 160 valence electrons. The number of aromatic nitrogens is 2. The fourth-order valence-corrected chi connectivity index (χ4v) is 3.11. The van der Waals surface area contributed by atoms with Crippen LogP contribution in [0.1, 0.15) is 37.9 Å². The van der Waals surface area contributed by atoms with Crippen LogP contribution in [0.3, 0.4) is 0 Å². The Bertz CT molecular complexity index is 740. The molecule has 1 N–H and O–H groups in total. The highest BCUT2D eigenvalue weighted by Gasteiger charge is 2.35. The van der Waals surface area contributed by atoms with Crippen LogP contribution in [0.2, 0.25) is 25.7 Å². The largest absolute Gasteiger partial charge is 0.481 e. The van der Waals surface area contributed by atoms with Crippen molar-refractivity contribution in [2.24, 2.45) is 5.41 Å². The van der Waals surface area contributed by atoms with Crippen molar-refractivity contribution in [3.63, 3.8) is 0 Å². The van der Waals surface area contributed by atoms with E-state index in [0.29, 0.717) is 17.7 Å². The van der Waals surface area contributed by atoms with Crippen LogP contribution in [0.5, 0.6) is 0 Å². The third kappa shape index (κ3) is 7.74. The molecule has 28 heavy (non-hydrogen) atoms. The summed E-state index contributed by atoms with van der Waals surface area (Å²) in [5.41, 5.74) is -3.43. The van der Waals surface area contributed by atoms with Crippen LogP contribution in [-0.4, -0.2) is 35.5 Å². The molecule has 0 unspecified atom stereocenters. The van der Waals surface area contributed by atoms with E-state index in [1.165, 1.54) is 0 Å². The zero-order chi connectivity index (χ0) is 21.8. The van der Waals surface area contributed by atoms with Crippen molar-refractivity contribution < 1.29 is 27.8 Å². The third-order valence-electron chi connectivity index (χ3n) is 4.35. The van der Waals surface area contributed by atoms with Gasteiger partial charge in [-0.3, -0.25) is 9.59 Å². The molecule has 1 aromatic heterocycles. The van der Waals surface area contributed by atoms with E-state index in [0.717, 1.165) is 12.1 Å². The van der Waals surface area contributed by atoms with E-state index in [9.17, 15) is 22.8 Å². The predicted molar refractivity (Wildman–Crippen MR) is 102 cm³/mol. The lowest BCUT2D eigenvalue weighted by atomic mass is 9.87. The number of hydrogen-bond acceptors (Lipinski definition) is 4. The van der Waals surface area contributed by atoms with Crippen LogP contribution in [0.25, 0.3) is 0 Å². The summed E-state index contributed by atoms with van der Waals surface area (Å²) in [4.78, 5) is 23.3. The van der Waals surface area contributed by atoms with Crippen LogP contribution >= 0.6 is 0 Å². The van der Waals surface area contributed by atoms with Gasteiger partial charge in [0, 0.05) is 14.7 Å². The van der Waals surface area contributed by atoms with Gasteiger partial charge in [0.15, 0.2) is 0 Å². The molecule has 0 fully saturated rings. The number of carboxylic acids is 1. The molecular formula is C18H29F3N2O4Si. The summed E-state index contributed by atoms with van der Waals surface area (Å²) in [6.45, 7) is 9.53. The van der Waals surface area contributed by atoms with Gasteiger partial charge in [0.05, 0.1) is 11.1 Å². The normalized spacial score (nSPS) is 13.0. The minimum absolute atomic E-state index is 0.0851. The number of hydrogen-bond donors (Lipinski definition) is 1. The third-order valence-corrected chi connectivity index (χ3v) is 6.06. The molecule has 0 atom stereocenters. The fraction of sp³-hybridized carbons (Fsp3) is 0.722. The van der Waals surface area contributed by atoms with Gasteiger partial charge in [-0.1, -0.05) is 19.6 Å². The van der Waals surface area contributed by atoms with Gasteiger partial charge in [0.25, 0.3) is 5.56 Å². The van der Waals surface area contributed by atoms with Gasteiger partial charge in [-0.25, -0.2) is 4.68 Å². The molecule has 1 rings (SSSR count). The van der Waals surface area contributed by atoms with E-state index in [2.05, 4.69) is 24.7 Å². The molecule has 6 nitrogen and oxygen atoms in total. The Kier molecular flexibility index (Phi) is 8.01. The van der Waals surface area contributed by atoms with Crippen molar-refractivity contribution >= 4 is 14.0 Å². The second-order valence-electron chi connectivity index (χ2n) is 8.74. The minimum atomic E-state index is -4.80. The van der Waals surface area contributed by atoms with Crippen LogP contribution in [0.15, 0.2) is 10.9 Å². The molecule has 0 aliphatic carbocycles. The molecule has 0 radical (unpaired) electrons. The predicted octanol–water partition coefficient (Wildman–Crippen LogP) is 4.01. The first-order chi connectivity index (χ1) is 12.6. The summed E-state index contributed by atoms with van der Waals surface area (Å²) in [5, 5.41) is 13.1. The summed E-state index contributed by atoms with van der Waals surface area (Å²) in [6.07, 6.45) is -4.06. The van der Waals surface area contributed by atoms with E-state index in [-0.39, 0.29) is 25.3 Å². The number of ether oxygens (including phenoxy) is 1. The average molecular weight is 423 g/mol. The van der Waals surface area contributed by atoms with Crippen molar-refractivity contribution in [2.75, 3.05) is 6.61 Å². The van der Waals surface area contributed by atoms with Crippen LogP contribution in [0, 0.1) is 5.41 Å². The summed E-state index contributed by atoms with van der Waals surface area (Å²) in [7, 11) is -1.37. The number of alkyl halides is 3. The van der Waals surface area contributed by atoms with Crippen molar-refractivity contribution in [2.45, 2.75) is 71.7 Å². The quantitative estimate of drug-likeness (QED) is 0.455. The van der Waals surface area contributed by atoms with Gasteiger partial charge in [0.2, 0.25) is 0 Å². The first-order valence-corrected chi connectivity index (χ1v) is 12.8. The summed E-state index contributed by atoms with van der Waals surface area (Å²) in [6, 6.07) is 1.56. The lowest BCUT2D eigenvalue weighted by Crippen LogP contribution is -2.33. The van der Waals surface area contributed by atoms with Crippen molar-refractivity contribution in [1.29, 1.82) is 0 Å². The smallest absolute Gasteiger partial charge is 0.421 e. The Morgan fingerprint density at radius 2 is 1.89 bits per heavy atom. The molecule has 1 heterocycles. The fourth-order valence-electron chi connectivity index (χ4n) is 2.36. The van der Waals surface area contributed by atoms with Gasteiger partial charge in [0.1, 0.15) is 12.3 Å². The zero-order valence-electron chi connectivity index (χ0n) is 17.0. The zero-order valence-corrected chi connectivity index (χ0v) is 18.0. The Morgan fingerprint density at radius 3 is 2.39 bits per heavy atom. The molecular weight excluding hydrogens is 393 g/mol. The lowest BCUT2D eigenvalue weighted by molar-refractivity contribution is -0.147. The summed E-state index contributed by atoms with van der Waals surface area (Å²) < 4.78 is 45.7.